The minimum Gasteiger partial charge on any atom is -0.481 e. The first kappa shape index (κ1) is 13.2. The van der Waals surface area contributed by atoms with Gasteiger partial charge in [0.25, 0.3) is 5.95 Å². The number of fused-ring (bicyclic) bond motifs is 10. The Morgan fingerprint density at radius 3 is 2.67 bits per heavy atom. The van der Waals surface area contributed by atoms with Crippen LogP contribution < -0.4 is 0 Å². The van der Waals surface area contributed by atoms with Crippen molar-refractivity contribution in [2.24, 2.45) is 5.92 Å². The van der Waals surface area contributed by atoms with Crippen molar-refractivity contribution >= 4 is 5.90 Å². The van der Waals surface area contributed by atoms with Gasteiger partial charge in [-0.05, 0) is 38.0 Å². The van der Waals surface area contributed by atoms with Crippen LogP contribution in [0.15, 0.2) is 23.7 Å². The van der Waals surface area contributed by atoms with E-state index in [1.54, 1.807) is 0 Å². The average molecular weight is 249 g/mol. The van der Waals surface area contributed by atoms with Gasteiger partial charge in [-0.1, -0.05) is 31.4 Å². The molecule has 3 nitrogen and oxygen atoms in total. The number of hydrogen-bond donors (Lipinski definition) is 2. The van der Waals surface area contributed by atoms with Crippen molar-refractivity contribution in [2.45, 2.75) is 57.8 Å². The number of ether oxygens (including phenoxy) is 1. The van der Waals surface area contributed by atoms with Crippen molar-refractivity contribution in [1.29, 1.82) is 5.41 Å². The summed E-state index contributed by atoms with van der Waals surface area (Å²) in [4.78, 5) is 0. The van der Waals surface area contributed by atoms with Crippen molar-refractivity contribution in [1.82, 2.24) is 0 Å². The van der Waals surface area contributed by atoms with Crippen LogP contribution in [0, 0.1) is 11.3 Å². The van der Waals surface area contributed by atoms with Crippen molar-refractivity contribution < 1.29 is 9.84 Å². The fourth-order valence-corrected chi connectivity index (χ4v) is 2.49. The molecular weight excluding hydrogens is 226 g/mol. The zero-order chi connectivity index (χ0) is 12.8. The summed E-state index contributed by atoms with van der Waals surface area (Å²) >= 11 is 0. The van der Waals surface area contributed by atoms with Crippen molar-refractivity contribution in [3.8, 4) is 0 Å². The molecule has 0 aromatic heterocycles. The van der Waals surface area contributed by atoms with Crippen LogP contribution in [0.25, 0.3) is 0 Å². The average Bonchev–Trinajstić information content (AvgIpc) is 2.28. The van der Waals surface area contributed by atoms with Crippen LogP contribution in [0.4, 0.5) is 0 Å². The molecule has 0 aromatic rings. The molecule has 3 heteroatoms. The molecule has 0 atom stereocenters. The lowest BCUT2D eigenvalue weighted by Crippen LogP contribution is -2.16. The van der Waals surface area contributed by atoms with Gasteiger partial charge in [0.05, 0.1) is 0 Å². The molecule has 0 unspecified atom stereocenters. The second-order valence-corrected chi connectivity index (χ2v) is 5.34. The first-order valence-corrected chi connectivity index (χ1v) is 7.08. The summed E-state index contributed by atoms with van der Waals surface area (Å²) < 4.78 is 5.17. The van der Waals surface area contributed by atoms with Gasteiger partial charge < -0.3 is 9.84 Å². The van der Waals surface area contributed by atoms with Crippen LogP contribution >= 0.6 is 0 Å². The Morgan fingerprint density at radius 2 is 1.83 bits per heavy atom. The van der Waals surface area contributed by atoms with E-state index < -0.39 is 0 Å². The van der Waals surface area contributed by atoms with Gasteiger partial charge in [-0.2, -0.15) is 0 Å². The van der Waals surface area contributed by atoms with E-state index in [9.17, 15) is 5.11 Å². The lowest BCUT2D eigenvalue weighted by molar-refractivity contribution is 0.175. The minimum atomic E-state index is -0.0143. The number of nitrogens with one attached hydrogen (secondary N) is 1. The van der Waals surface area contributed by atoms with Crippen LogP contribution in [0.1, 0.15) is 57.8 Å². The Labute approximate surface area is 109 Å². The van der Waals surface area contributed by atoms with Gasteiger partial charge in [0.2, 0.25) is 0 Å². The molecule has 1 fully saturated rings. The van der Waals surface area contributed by atoms with E-state index in [1.807, 2.05) is 0 Å². The summed E-state index contributed by atoms with van der Waals surface area (Å²) in [5.74, 6) is 0.749. The fourth-order valence-electron chi connectivity index (χ4n) is 2.49. The molecule has 0 spiro atoms. The standard InChI is InChI=1S/C15H23NO2/c16-14-9-7-5-3-1-2-4-6-8-12-10-13(11-12)15(17)18-14/h6,8,12,16-17H,1-5,7,9-11H2/b8-6-,15-13?,16-14?. The van der Waals surface area contributed by atoms with Gasteiger partial charge in [0, 0.05) is 12.0 Å². The molecule has 2 N–H and O–H groups in total. The Kier molecular flexibility index (Phi) is 4.85. The van der Waals surface area contributed by atoms with E-state index in [0.717, 1.165) is 31.3 Å². The fraction of sp³-hybridized carbons (Fsp3) is 0.667. The maximum atomic E-state index is 9.74. The highest BCUT2D eigenvalue weighted by Crippen LogP contribution is 2.36. The highest BCUT2D eigenvalue weighted by atomic mass is 16.6. The van der Waals surface area contributed by atoms with Crippen molar-refractivity contribution in [3.63, 3.8) is 0 Å². The second-order valence-electron chi connectivity index (χ2n) is 5.34. The van der Waals surface area contributed by atoms with Gasteiger partial charge in [-0.25, -0.2) is 0 Å². The Morgan fingerprint density at radius 1 is 1.11 bits per heavy atom. The van der Waals surface area contributed by atoms with E-state index in [-0.39, 0.29) is 11.8 Å². The zero-order valence-corrected chi connectivity index (χ0v) is 11.0. The third-order valence-corrected chi connectivity index (χ3v) is 3.72. The maximum absolute atomic E-state index is 9.74. The number of aliphatic hydroxyl groups is 1. The number of allylic oxidation sites excluding steroid dienone is 3. The Balaban J connectivity index is 1.91. The summed E-state index contributed by atoms with van der Waals surface area (Å²) in [7, 11) is 0. The third-order valence-electron chi connectivity index (χ3n) is 3.72. The molecule has 1 aliphatic carbocycles. The van der Waals surface area contributed by atoms with Gasteiger partial charge in [0.1, 0.15) is 0 Å². The van der Waals surface area contributed by atoms with Crippen molar-refractivity contribution in [2.75, 3.05) is 0 Å². The summed E-state index contributed by atoms with van der Waals surface area (Å²) in [5.41, 5.74) is 0.962. The van der Waals surface area contributed by atoms with Gasteiger partial charge in [-0.15, -0.1) is 0 Å². The summed E-state index contributed by atoms with van der Waals surface area (Å²) in [5, 5.41) is 17.4. The van der Waals surface area contributed by atoms with Crippen LogP contribution in [0.2, 0.25) is 0 Å². The third kappa shape index (κ3) is 3.90. The molecule has 0 aromatic carbocycles. The molecule has 3 rings (SSSR count). The lowest BCUT2D eigenvalue weighted by atomic mass is 9.80. The highest BCUT2D eigenvalue weighted by Gasteiger charge is 2.25. The van der Waals surface area contributed by atoms with Crippen LogP contribution in [-0.2, 0) is 4.74 Å². The monoisotopic (exact) mass is 249 g/mol. The zero-order valence-electron chi connectivity index (χ0n) is 11.0. The second kappa shape index (κ2) is 6.62. The normalized spacial score (nSPS) is 28.7. The Hall–Kier alpha value is -1.25. The molecule has 2 heterocycles. The van der Waals surface area contributed by atoms with Crippen LogP contribution in [0.3, 0.4) is 0 Å². The first-order valence-electron chi connectivity index (χ1n) is 7.08. The highest BCUT2D eigenvalue weighted by molar-refractivity contribution is 5.73. The quantitative estimate of drug-likeness (QED) is 0.623. The summed E-state index contributed by atoms with van der Waals surface area (Å²) in [6.45, 7) is 0. The topological polar surface area (TPSA) is 53.3 Å². The molecule has 1 saturated carbocycles. The van der Waals surface area contributed by atoms with Gasteiger partial charge in [-0.3, -0.25) is 5.41 Å². The molecule has 0 amide bonds. The molecule has 3 aliphatic rings. The van der Waals surface area contributed by atoms with E-state index in [4.69, 9.17) is 10.1 Å². The van der Waals surface area contributed by atoms with E-state index in [2.05, 4.69) is 12.2 Å². The molecule has 0 radical (unpaired) electrons. The number of hydrogen-bond acceptors (Lipinski definition) is 3. The first-order chi connectivity index (χ1) is 8.75. The SMILES string of the molecule is N=C1CCCCCCC/C=C\C2CC(=C(O)O1)C2. The van der Waals surface area contributed by atoms with E-state index in [1.165, 1.54) is 25.7 Å². The number of rotatable bonds is 0. The molecule has 0 saturated heterocycles. The molecule has 100 valence electrons. The lowest BCUT2D eigenvalue weighted by Gasteiger charge is -2.26. The van der Waals surface area contributed by atoms with Gasteiger partial charge in [0.15, 0.2) is 5.90 Å². The smallest absolute Gasteiger partial charge is 0.282 e. The maximum Gasteiger partial charge on any atom is 0.282 e. The Bertz CT molecular complexity index is 350. The molecular formula is C15H23NO2. The van der Waals surface area contributed by atoms with Crippen molar-refractivity contribution in [3.05, 3.63) is 23.7 Å². The van der Waals surface area contributed by atoms with E-state index in [0.29, 0.717) is 12.3 Å². The predicted octanol–water partition coefficient (Wildman–Crippen LogP) is 4.46. The van der Waals surface area contributed by atoms with Crippen LogP contribution in [0.5, 0.6) is 0 Å². The summed E-state index contributed by atoms with van der Waals surface area (Å²) in [6.07, 6.45) is 14.0. The van der Waals surface area contributed by atoms with Gasteiger partial charge >= 0.3 is 0 Å². The molecule has 18 heavy (non-hydrogen) atoms. The summed E-state index contributed by atoms with van der Waals surface area (Å²) in [6, 6.07) is 0. The predicted molar refractivity (Wildman–Crippen MR) is 72.6 cm³/mol. The van der Waals surface area contributed by atoms with Crippen LogP contribution in [-0.4, -0.2) is 11.0 Å². The molecule has 2 bridgehead atoms. The largest absolute Gasteiger partial charge is 0.481 e. The number of aliphatic hydroxyl groups excluding tert-OH is 1. The molecule has 2 aliphatic heterocycles. The van der Waals surface area contributed by atoms with E-state index >= 15 is 0 Å². The minimum absolute atomic E-state index is 0.0143.